The molecule has 0 spiro atoms. The maximum atomic E-state index is 12.9. The maximum absolute atomic E-state index is 12.9. The first-order valence-corrected chi connectivity index (χ1v) is 8.54. The van der Waals surface area contributed by atoms with Crippen LogP contribution in [0.4, 0.5) is 0 Å². The normalized spacial score (nSPS) is 19.6. The summed E-state index contributed by atoms with van der Waals surface area (Å²) in [5.41, 5.74) is -0.243. The predicted molar refractivity (Wildman–Crippen MR) is 78.4 cm³/mol. The summed E-state index contributed by atoms with van der Waals surface area (Å²) in [4.78, 5) is 12.1. The Morgan fingerprint density at radius 1 is 1.33 bits per heavy atom. The highest BCUT2D eigenvalue weighted by Gasteiger charge is 2.45. The van der Waals surface area contributed by atoms with Crippen molar-refractivity contribution in [2.24, 2.45) is 0 Å². The van der Waals surface area contributed by atoms with Crippen LogP contribution in [-0.2, 0) is 14.8 Å². The fraction of sp³-hybridized carbons (Fsp3) is 0.417. The molecule has 7 nitrogen and oxygen atoms in total. The molecule has 1 aromatic heterocycles. The molecule has 2 aromatic rings. The minimum atomic E-state index is -3.82. The van der Waals surface area contributed by atoms with E-state index in [0.717, 1.165) is 11.7 Å². The van der Waals surface area contributed by atoms with Crippen molar-refractivity contribution in [2.75, 3.05) is 13.1 Å². The van der Waals surface area contributed by atoms with Crippen LogP contribution >= 0.6 is 11.7 Å². The number of sulfonamides is 1. The minimum absolute atomic E-state index is 0.0940. The van der Waals surface area contributed by atoms with Crippen molar-refractivity contribution in [2.45, 2.75) is 24.3 Å². The first-order chi connectivity index (χ1) is 9.85. The molecule has 0 radical (unpaired) electrons. The van der Waals surface area contributed by atoms with Crippen molar-refractivity contribution < 1.29 is 13.2 Å². The number of amides is 1. The van der Waals surface area contributed by atoms with Gasteiger partial charge in [0.1, 0.15) is 21.5 Å². The van der Waals surface area contributed by atoms with E-state index in [-0.39, 0.29) is 17.3 Å². The summed E-state index contributed by atoms with van der Waals surface area (Å²) in [5, 5.41) is 2.69. The van der Waals surface area contributed by atoms with Crippen molar-refractivity contribution in [3.63, 3.8) is 0 Å². The van der Waals surface area contributed by atoms with Gasteiger partial charge in [-0.15, -0.1) is 0 Å². The van der Waals surface area contributed by atoms with Gasteiger partial charge in [0.15, 0.2) is 0 Å². The fourth-order valence-electron chi connectivity index (χ4n) is 2.41. The molecule has 0 atom stereocenters. The number of nitrogens with one attached hydrogen (secondary N) is 1. The summed E-state index contributed by atoms with van der Waals surface area (Å²) < 4.78 is 35.2. The van der Waals surface area contributed by atoms with E-state index < -0.39 is 15.6 Å². The van der Waals surface area contributed by atoms with Crippen LogP contribution in [-0.4, -0.2) is 46.0 Å². The Labute approximate surface area is 126 Å². The lowest BCUT2D eigenvalue weighted by molar-refractivity contribution is -0.131. The van der Waals surface area contributed by atoms with Crippen molar-refractivity contribution in [1.29, 1.82) is 0 Å². The number of benzene rings is 1. The molecule has 1 aliphatic heterocycles. The number of nitrogens with zero attached hydrogens (tertiary/aromatic N) is 3. The lowest BCUT2D eigenvalue weighted by Crippen LogP contribution is -2.63. The van der Waals surface area contributed by atoms with Gasteiger partial charge in [0.25, 0.3) is 0 Å². The molecule has 1 saturated heterocycles. The Morgan fingerprint density at radius 2 is 2.10 bits per heavy atom. The molecule has 0 aliphatic carbocycles. The fourth-order valence-corrected chi connectivity index (χ4v) is 4.91. The van der Waals surface area contributed by atoms with Crippen LogP contribution in [0, 0.1) is 0 Å². The molecule has 9 heteroatoms. The topological polar surface area (TPSA) is 92.3 Å². The Balaban J connectivity index is 2.16. The van der Waals surface area contributed by atoms with E-state index in [9.17, 15) is 13.2 Å². The van der Waals surface area contributed by atoms with Gasteiger partial charge >= 0.3 is 0 Å². The first kappa shape index (κ1) is 14.4. The Morgan fingerprint density at radius 3 is 2.86 bits per heavy atom. The smallest absolute Gasteiger partial charge is 0.246 e. The highest BCUT2D eigenvalue weighted by molar-refractivity contribution is 7.89. The monoisotopic (exact) mass is 326 g/mol. The molecule has 1 aromatic carbocycles. The predicted octanol–water partition coefficient (Wildman–Crippen LogP) is 0.590. The summed E-state index contributed by atoms with van der Waals surface area (Å²) >= 11 is 0.968. The summed E-state index contributed by atoms with van der Waals surface area (Å²) in [6.07, 6.45) is 0. The number of piperazine rings is 1. The number of fused-ring (bicyclic) bond motifs is 1. The summed E-state index contributed by atoms with van der Waals surface area (Å²) in [6, 6.07) is 4.85. The molecule has 1 N–H and O–H groups in total. The molecular weight excluding hydrogens is 312 g/mol. The van der Waals surface area contributed by atoms with Gasteiger partial charge in [-0.05, 0) is 26.0 Å². The summed E-state index contributed by atoms with van der Waals surface area (Å²) in [7, 11) is -3.82. The second-order valence-electron chi connectivity index (χ2n) is 5.28. The van der Waals surface area contributed by atoms with Crippen LogP contribution in [0.1, 0.15) is 13.8 Å². The van der Waals surface area contributed by atoms with Gasteiger partial charge in [0.2, 0.25) is 15.9 Å². The van der Waals surface area contributed by atoms with Gasteiger partial charge in [0, 0.05) is 13.1 Å². The van der Waals surface area contributed by atoms with Crippen molar-refractivity contribution in [1.82, 2.24) is 18.4 Å². The standard InChI is InChI=1S/C12H14N4O3S2/c1-12(2)11(17)13-6-7-16(12)21(18,19)9-5-3-4-8-10(9)15-20-14-8/h3-5H,6-7H2,1-2H3,(H,13,17). The van der Waals surface area contributed by atoms with Crippen molar-refractivity contribution in [3.8, 4) is 0 Å². The third kappa shape index (κ3) is 2.12. The molecule has 0 bridgehead atoms. The van der Waals surface area contributed by atoms with Crippen molar-refractivity contribution >= 4 is 38.7 Å². The minimum Gasteiger partial charge on any atom is -0.353 e. The Hall–Kier alpha value is -1.58. The summed E-state index contributed by atoms with van der Waals surface area (Å²) in [5.74, 6) is -0.305. The number of hydrogen-bond donors (Lipinski definition) is 1. The molecule has 3 rings (SSSR count). The van der Waals surface area contributed by atoms with E-state index in [0.29, 0.717) is 17.6 Å². The van der Waals surface area contributed by atoms with E-state index in [2.05, 4.69) is 14.1 Å². The Bertz CT molecular complexity index is 813. The van der Waals surface area contributed by atoms with Crippen LogP contribution in [0.5, 0.6) is 0 Å². The lowest BCUT2D eigenvalue weighted by Gasteiger charge is -2.39. The van der Waals surface area contributed by atoms with E-state index in [4.69, 9.17) is 0 Å². The van der Waals surface area contributed by atoms with Crippen LogP contribution < -0.4 is 5.32 Å². The molecule has 1 amide bonds. The third-order valence-electron chi connectivity index (χ3n) is 3.60. The number of aromatic nitrogens is 2. The van der Waals surface area contributed by atoms with Gasteiger partial charge < -0.3 is 5.32 Å². The molecule has 0 saturated carbocycles. The zero-order valence-corrected chi connectivity index (χ0v) is 13.2. The second-order valence-corrected chi connectivity index (χ2v) is 7.64. The van der Waals surface area contributed by atoms with Gasteiger partial charge in [0.05, 0.1) is 11.7 Å². The van der Waals surface area contributed by atoms with Crippen LogP contribution in [0.3, 0.4) is 0 Å². The molecule has 21 heavy (non-hydrogen) atoms. The lowest BCUT2D eigenvalue weighted by atomic mass is 10.0. The van der Waals surface area contributed by atoms with Crippen molar-refractivity contribution in [3.05, 3.63) is 18.2 Å². The van der Waals surface area contributed by atoms with Gasteiger partial charge in [-0.25, -0.2) is 8.42 Å². The number of hydrogen-bond acceptors (Lipinski definition) is 6. The number of carbonyl (C=O) groups excluding carboxylic acids is 1. The highest BCUT2D eigenvalue weighted by atomic mass is 32.2. The number of carbonyl (C=O) groups is 1. The maximum Gasteiger partial charge on any atom is 0.246 e. The molecule has 1 aliphatic rings. The molecule has 2 heterocycles. The van der Waals surface area contributed by atoms with Gasteiger partial charge in [-0.1, -0.05) is 6.07 Å². The van der Waals surface area contributed by atoms with E-state index in [1.165, 1.54) is 10.4 Å². The third-order valence-corrected chi connectivity index (χ3v) is 6.24. The Kier molecular flexibility index (Phi) is 3.23. The van der Waals surface area contributed by atoms with Crippen LogP contribution in [0.25, 0.3) is 11.0 Å². The van der Waals surface area contributed by atoms with Crippen LogP contribution in [0.2, 0.25) is 0 Å². The highest BCUT2D eigenvalue weighted by Crippen LogP contribution is 2.30. The second kappa shape index (κ2) is 4.72. The first-order valence-electron chi connectivity index (χ1n) is 6.37. The number of rotatable bonds is 2. The molecular formula is C12H14N4O3S2. The molecule has 1 fully saturated rings. The molecule has 112 valence electrons. The van der Waals surface area contributed by atoms with E-state index in [1.807, 2.05) is 0 Å². The van der Waals surface area contributed by atoms with E-state index >= 15 is 0 Å². The van der Waals surface area contributed by atoms with E-state index in [1.54, 1.807) is 26.0 Å². The largest absolute Gasteiger partial charge is 0.353 e. The zero-order chi connectivity index (χ0) is 15.3. The average molecular weight is 326 g/mol. The quantitative estimate of drug-likeness (QED) is 0.872. The van der Waals surface area contributed by atoms with Gasteiger partial charge in [-0.2, -0.15) is 13.1 Å². The average Bonchev–Trinajstić information content (AvgIpc) is 2.89. The summed E-state index contributed by atoms with van der Waals surface area (Å²) in [6.45, 7) is 3.72. The SMILES string of the molecule is CC1(C)C(=O)NCCN1S(=O)(=O)c1cccc2nsnc12. The molecule has 0 unspecified atom stereocenters. The van der Waals surface area contributed by atoms with Crippen LogP contribution in [0.15, 0.2) is 23.1 Å². The van der Waals surface area contributed by atoms with Gasteiger partial charge in [-0.3, -0.25) is 4.79 Å². The zero-order valence-electron chi connectivity index (χ0n) is 11.5.